The Hall–Kier alpha value is -0.953. The molecule has 1 atom stereocenters. The van der Waals surface area contributed by atoms with E-state index in [1.165, 1.54) is 25.7 Å². The van der Waals surface area contributed by atoms with Gasteiger partial charge in [0.25, 0.3) is 0 Å². The molecule has 0 saturated heterocycles. The van der Waals surface area contributed by atoms with Gasteiger partial charge >= 0.3 is 15.1 Å². The van der Waals surface area contributed by atoms with Crippen LogP contribution in [-0.2, 0) is 9.26 Å². The summed E-state index contributed by atoms with van der Waals surface area (Å²) < 4.78 is 8.74. The predicted molar refractivity (Wildman–Crippen MR) is 67.1 cm³/mol. The van der Waals surface area contributed by atoms with E-state index in [4.69, 9.17) is 24.3 Å². The van der Waals surface area contributed by atoms with Crippen LogP contribution in [0, 0.1) is 0 Å². The highest BCUT2D eigenvalue weighted by Gasteiger charge is 2.11. The maximum Gasteiger partial charge on any atom is 0.761 e. The summed E-state index contributed by atoms with van der Waals surface area (Å²) in [6, 6.07) is 0. The molecule has 0 aliphatic rings. The van der Waals surface area contributed by atoms with Crippen LogP contribution >= 0.6 is 0 Å². The molecule has 0 spiro atoms. The van der Waals surface area contributed by atoms with E-state index in [0.717, 1.165) is 19.3 Å². The van der Waals surface area contributed by atoms with E-state index in [2.05, 4.69) is 6.92 Å². The lowest BCUT2D eigenvalue weighted by atomic mass is 10.1. The third-order valence-electron chi connectivity index (χ3n) is 2.37. The van der Waals surface area contributed by atoms with Crippen molar-refractivity contribution in [3.63, 3.8) is 0 Å². The molecule has 0 amide bonds. The van der Waals surface area contributed by atoms with Crippen molar-refractivity contribution in [2.24, 2.45) is 0 Å². The summed E-state index contributed by atoms with van der Waals surface area (Å²) in [5, 5.41) is 17.4. The van der Waals surface area contributed by atoms with Crippen LogP contribution in [0.3, 0.4) is 0 Å². The second kappa shape index (κ2) is 14.1. The molecule has 0 heterocycles. The summed E-state index contributed by atoms with van der Waals surface area (Å²) in [5.74, 6) is -1.10. The Morgan fingerprint density at radius 3 is 1.83 bits per heavy atom. The highest BCUT2D eigenvalue weighted by Crippen LogP contribution is 2.09. The molecule has 0 aromatic heterocycles. The number of aliphatic hydroxyl groups is 1. The van der Waals surface area contributed by atoms with Gasteiger partial charge in [-0.15, -0.1) is 0 Å². The first kappa shape index (κ1) is 19.4. The van der Waals surface area contributed by atoms with E-state index in [-0.39, 0.29) is 0 Å². The summed E-state index contributed by atoms with van der Waals surface area (Å²) in [6.45, 7) is 2.18. The van der Waals surface area contributed by atoms with Crippen LogP contribution in [0.25, 0.3) is 0 Å². The Morgan fingerprint density at radius 2 is 1.44 bits per heavy atom. The van der Waals surface area contributed by atoms with E-state index in [1.54, 1.807) is 0 Å². The number of aliphatic carboxylic acids is 1. The largest absolute Gasteiger partial charge is 0.761 e. The molecule has 0 bridgehead atoms. The van der Waals surface area contributed by atoms with Crippen molar-refractivity contribution in [2.75, 3.05) is 0 Å². The molecule has 0 aliphatic carbocycles. The van der Waals surface area contributed by atoms with Crippen molar-refractivity contribution in [3.05, 3.63) is 0 Å². The zero-order valence-corrected chi connectivity index (χ0v) is 11.8. The fourth-order valence-corrected chi connectivity index (χ4v) is 1.42. The van der Waals surface area contributed by atoms with E-state index in [0.29, 0.717) is 6.42 Å². The molecule has 1 unspecified atom stereocenters. The Kier molecular flexibility index (Phi) is 15.2. The molecular weight excluding hydrogens is 256 g/mol. The monoisotopic (exact) mass is 280 g/mol. The smallest absolute Gasteiger partial charge is 0.511 e. The molecule has 0 aromatic rings. The summed E-state index contributed by atoms with van der Waals surface area (Å²) in [4.78, 5) is 24.6. The van der Waals surface area contributed by atoms with Gasteiger partial charge in [-0.05, 0) is 6.42 Å². The van der Waals surface area contributed by atoms with Gasteiger partial charge in [0.15, 0.2) is 6.10 Å². The van der Waals surface area contributed by atoms with Gasteiger partial charge in [-0.25, -0.2) is 4.79 Å². The van der Waals surface area contributed by atoms with Crippen LogP contribution in [0.5, 0.6) is 0 Å². The summed E-state index contributed by atoms with van der Waals surface area (Å²) >= 11 is 0. The maximum atomic E-state index is 10.3. The Labute approximate surface area is 109 Å². The highest BCUT2D eigenvalue weighted by molar-refractivity contribution is 6.22. The molecule has 0 rings (SSSR count). The SMILES string of the molecule is CCCCCCCCCC(O)C(=O)O.O=[Si](O)O. The van der Waals surface area contributed by atoms with Crippen LogP contribution in [0.2, 0.25) is 0 Å². The normalized spacial score (nSPS) is 11.2. The number of hydrogen-bond acceptors (Lipinski definition) is 3. The lowest BCUT2D eigenvalue weighted by Gasteiger charge is -2.04. The van der Waals surface area contributed by atoms with Crippen molar-refractivity contribution in [3.8, 4) is 0 Å². The molecule has 0 aromatic carbocycles. The lowest BCUT2D eigenvalue weighted by Crippen LogP contribution is -2.18. The second-order valence-corrected chi connectivity index (χ2v) is 4.61. The van der Waals surface area contributed by atoms with E-state index in [1.807, 2.05) is 0 Å². The molecule has 0 aliphatic heterocycles. The number of carbonyl (C=O) groups is 1. The Balaban J connectivity index is 0. The molecular formula is C11H24O6Si. The Morgan fingerprint density at radius 1 is 1.06 bits per heavy atom. The minimum Gasteiger partial charge on any atom is -0.511 e. The average molecular weight is 280 g/mol. The number of rotatable bonds is 9. The van der Waals surface area contributed by atoms with Crippen LogP contribution in [0.1, 0.15) is 58.3 Å². The first-order valence-corrected chi connectivity index (χ1v) is 7.54. The number of aliphatic hydroxyl groups excluding tert-OH is 1. The van der Waals surface area contributed by atoms with Gasteiger partial charge in [0.1, 0.15) is 0 Å². The summed E-state index contributed by atoms with van der Waals surface area (Å²) in [6.07, 6.45) is 7.29. The van der Waals surface area contributed by atoms with Gasteiger partial charge < -0.3 is 19.8 Å². The predicted octanol–water partition coefficient (Wildman–Crippen LogP) is 0.959. The zero-order valence-electron chi connectivity index (χ0n) is 10.8. The number of carboxylic acid groups (broad SMARTS) is 1. The van der Waals surface area contributed by atoms with E-state index >= 15 is 0 Å². The summed E-state index contributed by atoms with van der Waals surface area (Å²) in [7, 11) is -3.13. The lowest BCUT2D eigenvalue weighted by molar-refractivity contribution is -0.146. The van der Waals surface area contributed by atoms with Crippen molar-refractivity contribution in [1.82, 2.24) is 0 Å². The third-order valence-corrected chi connectivity index (χ3v) is 2.37. The topological polar surface area (TPSA) is 115 Å². The molecule has 6 nitrogen and oxygen atoms in total. The fourth-order valence-electron chi connectivity index (χ4n) is 1.42. The van der Waals surface area contributed by atoms with Crippen LogP contribution in [0.4, 0.5) is 0 Å². The zero-order chi connectivity index (χ0) is 14.4. The average Bonchev–Trinajstić information content (AvgIpc) is 2.26. The highest BCUT2D eigenvalue weighted by atomic mass is 28.3. The van der Waals surface area contributed by atoms with Gasteiger partial charge in [-0.2, -0.15) is 0 Å². The van der Waals surface area contributed by atoms with Gasteiger partial charge in [-0.1, -0.05) is 51.9 Å². The quantitative estimate of drug-likeness (QED) is 0.369. The van der Waals surface area contributed by atoms with Crippen LogP contribution in [-0.4, -0.2) is 41.0 Å². The molecule has 0 radical (unpaired) electrons. The van der Waals surface area contributed by atoms with Crippen molar-refractivity contribution in [1.29, 1.82) is 0 Å². The third kappa shape index (κ3) is 20.5. The van der Waals surface area contributed by atoms with Gasteiger partial charge in [0, 0.05) is 0 Å². The number of hydrogen-bond donors (Lipinski definition) is 4. The molecule has 4 N–H and O–H groups in total. The minimum atomic E-state index is -3.13. The minimum absolute atomic E-state index is 0.392. The van der Waals surface area contributed by atoms with E-state index < -0.39 is 21.2 Å². The second-order valence-electron chi connectivity index (χ2n) is 4.05. The van der Waals surface area contributed by atoms with Gasteiger partial charge in [0.05, 0.1) is 0 Å². The molecule has 0 saturated carbocycles. The molecule has 7 heteroatoms. The standard InChI is InChI=1S/C11H22O3.H2O3Si/c1-2-3-4-5-6-7-8-9-10(12)11(13)14;1-4(2)3/h10,12H,2-9H2,1H3,(H,13,14);1-2H. The fraction of sp³-hybridized carbons (Fsp3) is 0.909. The van der Waals surface area contributed by atoms with E-state index in [9.17, 15) is 4.79 Å². The summed E-state index contributed by atoms with van der Waals surface area (Å²) in [5.41, 5.74) is 0. The van der Waals surface area contributed by atoms with Crippen molar-refractivity contribution < 1.29 is 29.1 Å². The van der Waals surface area contributed by atoms with Gasteiger partial charge in [-0.3, -0.25) is 4.46 Å². The maximum absolute atomic E-state index is 10.3. The molecule has 0 fully saturated rings. The number of carboxylic acids is 1. The first-order chi connectivity index (χ1) is 8.41. The molecule has 18 heavy (non-hydrogen) atoms. The van der Waals surface area contributed by atoms with Gasteiger partial charge in [0.2, 0.25) is 0 Å². The van der Waals surface area contributed by atoms with Crippen molar-refractivity contribution >= 4 is 15.1 Å². The molecule has 108 valence electrons. The van der Waals surface area contributed by atoms with Crippen LogP contribution in [0.15, 0.2) is 0 Å². The number of unbranched alkanes of at least 4 members (excludes halogenated alkanes) is 6. The van der Waals surface area contributed by atoms with Crippen LogP contribution < -0.4 is 0 Å². The Bertz CT molecular complexity index is 218. The first-order valence-electron chi connectivity index (χ1n) is 6.24. The van der Waals surface area contributed by atoms with Crippen molar-refractivity contribution in [2.45, 2.75) is 64.4 Å².